The van der Waals surface area contributed by atoms with Crippen LogP contribution in [0.25, 0.3) is 0 Å². The lowest BCUT2D eigenvalue weighted by Gasteiger charge is -2.38. The highest BCUT2D eigenvalue weighted by Crippen LogP contribution is 2.36. The van der Waals surface area contributed by atoms with Gasteiger partial charge in [0.25, 0.3) is 0 Å². The van der Waals surface area contributed by atoms with Gasteiger partial charge >= 0.3 is 5.97 Å². The lowest BCUT2D eigenvalue weighted by Crippen LogP contribution is -2.57. The van der Waals surface area contributed by atoms with Gasteiger partial charge in [0.15, 0.2) is 6.29 Å². The minimum atomic E-state index is -1.04. The highest BCUT2D eigenvalue weighted by molar-refractivity contribution is 5.67. The Morgan fingerprint density at radius 2 is 1.60 bits per heavy atom. The maximum absolute atomic E-state index is 10.2. The molecule has 0 aromatic heterocycles. The molecular weight excluding hydrogens is 340 g/mol. The molecule has 2 heterocycles. The van der Waals surface area contributed by atoms with Crippen LogP contribution in [0.2, 0.25) is 0 Å². The minimum Gasteiger partial charge on any atom is -0.480 e. The summed E-state index contributed by atoms with van der Waals surface area (Å²) in [5, 5.41) is 28.2. The van der Waals surface area contributed by atoms with E-state index in [2.05, 4.69) is 0 Å². The fourth-order valence-corrected chi connectivity index (χ4v) is 2.63. The van der Waals surface area contributed by atoms with Gasteiger partial charge in [0, 0.05) is 6.42 Å². The van der Waals surface area contributed by atoms with Crippen LogP contribution >= 0.6 is 0 Å². The summed E-state index contributed by atoms with van der Waals surface area (Å²) in [5.41, 5.74) is -1.01. The Kier molecular flexibility index (Phi) is 8.46. The molecule has 0 saturated carbocycles. The van der Waals surface area contributed by atoms with Crippen LogP contribution in [0.4, 0.5) is 0 Å². The maximum atomic E-state index is 10.2. The summed E-state index contributed by atoms with van der Waals surface area (Å²) in [6, 6.07) is 0. The Morgan fingerprint density at radius 3 is 2.24 bits per heavy atom. The summed E-state index contributed by atoms with van der Waals surface area (Å²) in [7, 11) is 0. The van der Waals surface area contributed by atoms with E-state index in [-0.39, 0.29) is 32.8 Å². The van der Waals surface area contributed by atoms with Gasteiger partial charge in [-0.25, -0.2) is 4.79 Å². The summed E-state index contributed by atoms with van der Waals surface area (Å²) < 4.78 is 31.8. The van der Waals surface area contributed by atoms with Gasteiger partial charge in [-0.2, -0.15) is 0 Å². The first kappa shape index (κ1) is 20.5. The molecule has 10 heteroatoms. The van der Waals surface area contributed by atoms with Crippen molar-refractivity contribution in [3.05, 3.63) is 0 Å². The van der Waals surface area contributed by atoms with Gasteiger partial charge in [-0.15, -0.1) is 0 Å². The first-order valence-electron chi connectivity index (χ1n) is 8.22. The summed E-state index contributed by atoms with van der Waals surface area (Å²) in [6.45, 7) is 1.87. The van der Waals surface area contributed by atoms with E-state index in [0.717, 1.165) is 0 Å². The topological polar surface area (TPSA) is 133 Å². The van der Waals surface area contributed by atoms with Crippen LogP contribution in [-0.4, -0.2) is 105 Å². The van der Waals surface area contributed by atoms with Crippen molar-refractivity contribution in [2.24, 2.45) is 0 Å². The number of rotatable bonds is 13. The van der Waals surface area contributed by atoms with Crippen molar-refractivity contribution in [2.75, 3.05) is 59.5 Å². The lowest BCUT2D eigenvalue weighted by molar-refractivity contribution is -0.225. The van der Waals surface area contributed by atoms with Crippen LogP contribution in [0, 0.1) is 0 Å². The molecule has 2 rings (SSSR count). The van der Waals surface area contributed by atoms with Gasteiger partial charge in [-0.3, -0.25) is 0 Å². The maximum Gasteiger partial charge on any atom is 0.329 e. The molecule has 25 heavy (non-hydrogen) atoms. The molecule has 10 nitrogen and oxygen atoms in total. The van der Waals surface area contributed by atoms with E-state index in [9.17, 15) is 15.0 Å². The number of fused-ring (bicyclic) bond motifs is 2. The average molecular weight is 366 g/mol. The molecule has 0 unspecified atom stereocenters. The average Bonchev–Trinajstić information content (AvgIpc) is 2.94. The number of aliphatic carboxylic acids is 1. The van der Waals surface area contributed by atoms with Gasteiger partial charge in [-0.1, -0.05) is 0 Å². The Morgan fingerprint density at radius 1 is 1.00 bits per heavy atom. The largest absolute Gasteiger partial charge is 0.480 e. The first-order chi connectivity index (χ1) is 12.0. The molecule has 0 spiro atoms. The molecular formula is C15H26O10. The number of hydrogen-bond acceptors (Lipinski definition) is 9. The fourth-order valence-electron chi connectivity index (χ4n) is 2.63. The molecule has 4 atom stereocenters. The zero-order valence-corrected chi connectivity index (χ0v) is 14.0. The van der Waals surface area contributed by atoms with Crippen molar-refractivity contribution in [3.63, 3.8) is 0 Å². The Labute approximate surface area is 145 Å². The molecule has 0 amide bonds. The van der Waals surface area contributed by atoms with E-state index < -0.39 is 30.1 Å². The van der Waals surface area contributed by atoms with Gasteiger partial charge in [0.2, 0.25) is 0 Å². The number of aliphatic hydroxyl groups excluding tert-OH is 2. The SMILES string of the molecule is O=C(O)COCCOCCOCCOC[C@]12CO[C@H](C[C@@H](O)[C@H]1O)O2. The van der Waals surface area contributed by atoms with Crippen LogP contribution in [0.1, 0.15) is 6.42 Å². The third-order valence-electron chi connectivity index (χ3n) is 3.91. The molecule has 146 valence electrons. The number of carbonyl (C=O) groups is 1. The van der Waals surface area contributed by atoms with E-state index in [0.29, 0.717) is 33.0 Å². The second kappa shape index (κ2) is 10.3. The van der Waals surface area contributed by atoms with Crippen molar-refractivity contribution in [1.82, 2.24) is 0 Å². The normalized spacial score (nSPS) is 31.4. The van der Waals surface area contributed by atoms with Gasteiger partial charge in [-0.05, 0) is 0 Å². The van der Waals surface area contributed by atoms with E-state index in [1.807, 2.05) is 0 Å². The zero-order valence-electron chi connectivity index (χ0n) is 14.0. The molecule has 0 aromatic rings. The Hall–Kier alpha value is -0.850. The van der Waals surface area contributed by atoms with Crippen molar-refractivity contribution in [3.8, 4) is 0 Å². The van der Waals surface area contributed by atoms with Crippen molar-refractivity contribution >= 4 is 5.97 Å². The molecule has 0 radical (unpaired) electrons. The fraction of sp³-hybridized carbons (Fsp3) is 0.933. The second-order valence-electron chi connectivity index (χ2n) is 5.89. The quantitative estimate of drug-likeness (QED) is 0.326. The summed E-state index contributed by atoms with van der Waals surface area (Å²) in [6.07, 6.45) is -2.15. The highest BCUT2D eigenvalue weighted by atomic mass is 16.7. The standard InChI is InChI=1S/C15H26O10/c16-11-7-13-24-10-15(25-13,14(11)19)9-23-6-4-21-2-1-20-3-5-22-8-12(17)18/h11,13-14,16,19H,1-10H2,(H,17,18)/t11-,13+,14-,15+/m1/s1. The summed E-state index contributed by atoms with van der Waals surface area (Å²) >= 11 is 0. The summed E-state index contributed by atoms with van der Waals surface area (Å²) in [5.74, 6) is -1.01. The predicted octanol–water partition coefficient (Wildman–Crippen LogP) is -1.63. The molecule has 2 bridgehead atoms. The molecule has 0 aliphatic carbocycles. The van der Waals surface area contributed by atoms with E-state index in [1.54, 1.807) is 0 Å². The van der Waals surface area contributed by atoms with Crippen LogP contribution in [-0.2, 0) is 33.2 Å². The van der Waals surface area contributed by atoms with Gasteiger partial charge in [0.05, 0.1) is 59.0 Å². The monoisotopic (exact) mass is 366 g/mol. The zero-order chi connectivity index (χ0) is 18.1. The van der Waals surface area contributed by atoms with E-state index in [4.69, 9.17) is 33.5 Å². The smallest absolute Gasteiger partial charge is 0.329 e. The van der Waals surface area contributed by atoms with Crippen LogP contribution in [0.3, 0.4) is 0 Å². The second-order valence-corrected chi connectivity index (χ2v) is 5.89. The highest BCUT2D eigenvalue weighted by Gasteiger charge is 2.54. The Bertz CT molecular complexity index is 406. The third kappa shape index (κ3) is 6.42. The van der Waals surface area contributed by atoms with E-state index >= 15 is 0 Å². The number of carboxylic acid groups (broad SMARTS) is 1. The number of aliphatic hydroxyl groups is 2. The first-order valence-corrected chi connectivity index (χ1v) is 8.22. The predicted molar refractivity (Wildman–Crippen MR) is 81.1 cm³/mol. The number of carboxylic acids is 1. The van der Waals surface area contributed by atoms with Crippen molar-refractivity contribution in [1.29, 1.82) is 0 Å². The number of ether oxygens (including phenoxy) is 6. The van der Waals surface area contributed by atoms with Crippen molar-refractivity contribution < 1.29 is 48.5 Å². The molecule has 2 aliphatic rings. The van der Waals surface area contributed by atoms with Gasteiger partial charge < -0.3 is 43.7 Å². The van der Waals surface area contributed by atoms with Gasteiger partial charge in [0.1, 0.15) is 18.3 Å². The van der Waals surface area contributed by atoms with Crippen LogP contribution in [0.15, 0.2) is 0 Å². The minimum absolute atomic E-state index is 0.114. The molecule has 0 aromatic carbocycles. The van der Waals surface area contributed by atoms with Crippen LogP contribution in [0.5, 0.6) is 0 Å². The lowest BCUT2D eigenvalue weighted by atomic mass is 9.91. The summed E-state index contributed by atoms with van der Waals surface area (Å²) in [4.78, 5) is 10.2. The molecule has 2 fully saturated rings. The third-order valence-corrected chi connectivity index (χ3v) is 3.91. The molecule has 3 N–H and O–H groups in total. The molecule has 2 saturated heterocycles. The number of hydrogen-bond donors (Lipinski definition) is 3. The van der Waals surface area contributed by atoms with Crippen LogP contribution < -0.4 is 0 Å². The Balaban J connectivity index is 1.43. The molecule has 2 aliphatic heterocycles. The van der Waals surface area contributed by atoms with Crippen molar-refractivity contribution in [2.45, 2.75) is 30.5 Å². The van der Waals surface area contributed by atoms with E-state index in [1.165, 1.54) is 0 Å².